The van der Waals surface area contributed by atoms with Crippen LogP contribution in [0.4, 0.5) is 0 Å². The Labute approximate surface area is 184 Å². The van der Waals surface area contributed by atoms with Gasteiger partial charge in [0.2, 0.25) is 15.9 Å². The molecule has 0 bridgehead atoms. The van der Waals surface area contributed by atoms with E-state index in [9.17, 15) is 13.2 Å². The Bertz CT molecular complexity index is 1030. The molecule has 2 aromatic carbocycles. The number of hydrogen-bond donors (Lipinski definition) is 0. The first-order chi connectivity index (χ1) is 14.8. The molecule has 0 aromatic heterocycles. The van der Waals surface area contributed by atoms with Crippen molar-refractivity contribution in [2.75, 3.05) is 12.9 Å². The summed E-state index contributed by atoms with van der Waals surface area (Å²) >= 11 is 0. The van der Waals surface area contributed by atoms with E-state index < -0.39 is 10.0 Å². The lowest BCUT2D eigenvalue weighted by molar-refractivity contribution is -0.134. The summed E-state index contributed by atoms with van der Waals surface area (Å²) in [7, 11) is -3.26. The average Bonchev–Trinajstić information content (AvgIpc) is 3.58. The topological polar surface area (TPSA) is 66.9 Å². The van der Waals surface area contributed by atoms with Crippen molar-refractivity contribution >= 4 is 15.9 Å². The van der Waals surface area contributed by atoms with Crippen LogP contribution in [-0.2, 0) is 34.3 Å². The van der Waals surface area contributed by atoms with Crippen molar-refractivity contribution in [3.05, 3.63) is 65.2 Å². The van der Waals surface area contributed by atoms with Gasteiger partial charge in [-0.3, -0.25) is 4.79 Å². The molecule has 0 saturated heterocycles. The summed E-state index contributed by atoms with van der Waals surface area (Å²) in [6.07, 6.45) is 4.27. The summed E-state index contributed by atoms with van der Waals surface area (Å²) in [6, 6.07) is 15.9. The van der Waals surface area contributed by atoms with Crippen molar-refractivity contribution in [3.8, 4) is 5.75 Å². The molecule has 1 heterocycles. The third-order valence-corrected chi connectivity index (χ3v) is 7.27. The van der Waals surface area contributed by atoms with E-state index in [0.29, 0.717) is 32.5 Å². The number of benzene rings is 2. The van der Waals surface area contributed by atoms with Gasteiger partial charge in [0.15, 0.2) is 0 Å². The lowest BCUT2D eigenvalue weighted by Crippen LogP contribution is -2.40. The number of rotatable bonds is 7. The van der Waals surface area contributed by atoms with E-state index in [2.05, 4.69) is 0 Å². The standard InChI is InChI=1S/C24H30N2O4S/c1-18-17-30-23-12-8-20(15-26(22-10-11-22)31(2,28)29)14-21(23)16-25(18)24(27)13-9-19-6-4-3-5-7-19/h3-8,12,14,18,22H,9-11,13,15-17H2,1-2H3/t18-/m0/s1. The van der Waals surface area contributed by atoms with E-state index in [-0.39, 0.29) is 18.0 Å². The Morgan fingerprint density at radius 1 is 1.13 bits per heavy atom. The van der Waals surface area contributed by atoms with Crippen LogP contribution in [0.15, 0.2) is 48.5 Å². The van der Waals surface area contributed by atoms with E-state index in [1.54, 1.807) is 4.31 Å². The van der Waals surface area contributed by atoms with E-state index in [1.165, 1.54) is 6.26 Å². The lowest BCUT2D eigenvalue weighted by Gasteiger charge is -2.26. The van der Waals surface area contributed by atoms with E-state index >= 15 is 0 Å². The SMILES string of the molecule is C[C@H]1COc2ccc(CN(C3CC3)S(C)(=O)=O)cc2CN1C(=O)CCc1ccccc1. The molecule has 166 valence electrons. The minimum Gasteiger partial charge on any atom is -0.491 e. The second-order valence-electron chi connectivity index (χ2n) is 8.65. The van der Waals surface area contributed by atoms with Gasteiger partial charge in [-0.15, -0.1) is 0 Å². The summed E-state index contributed by atoms with van der Waals surface area (Å²) in [4.78, 5) is 14.9. The third-order valence-electron chi connectivity index (χ3n) is 5.99. The zero-order chi connectivity index (χ0) is 22.0. The van der Waals surface area contributed by atoms with Gasteiger partial charge >= 0.3 is 0 Å². The maximum absolute atomic E-state index is 13.0. The molecule has 31 heavy (non-hydrogen) atoms. The fourth-order valence-corrected chi connectivity index (χ4v) is 5.20. The number of hydrogen-bond acceptors (Lipinski definition) is 4. The first-order valence-electron chi connectivity index (χ1n) is 10.9. The number of carbonyl (C=O) groups excluding carboxylic acids is 1. The minimum absolute atomic E-state index is 0.0295. The Morgan fingerprint density at radius 3 is 2.55 bits per heavy atom. The lowest BCUT2D eigenvalue weighted by atomic mass is 10.1. The van der Waals surface area contributed by atoms with Crippen LogP contribution in [0.25, 0.3) is 0 Å². The van der Waals surface area contributed by atoms with Crippen molar-refractivity contribution in [3.63, 3.8) is 0 Å². The minimum atomic E-state index is -3.26. The fraction of sp³-hybridized carbons (Fsp3) is 0.458. The summed E-state index contributed by atoms with van der Waals surface area (Å²) in [5.74, 6) is 0.875. The molecular formula is C24H30N2O4S. The number of carbonyl (C=O) groups is 1. The predicted molar refractivity (Wildman–Crippen MR) is 120 cm³/mol. The molecule has 0 unspecified atom stereocenters. The van der Waals surface area contributed by atoms with Crippen molar-refractivity contribution in [2.24, 2.45) is 0 Å². The van der Waals surface area contributed by atoms with Crippen LogP contribution in [-0.4, -0.2) is 48.5 Å². The molecule has 4 rings (SSSR count). The summed E-state index contributed by atoms with van der Waals surface area (Å²) in [5.41, 5.74) is 3.00. The normalized spacial score (nSPS) is 18.9. The quantitative estimate of drug-likeness (QED) is 0.660. The number of amides is 1. The Balaban J connectivity index is 1.49. The molecule has 6 nitrogen and oxygen atoms in total. The van der Waals surface area contributed by atoms with Gasteiger partial charge in [0.05, 0.1) is 12.3 Å². The molecule has 0 N–H and O–H groups in total. The Morgan fingerprint density at radius 2 is 1.87 bits per heavy atom. The molecule has 1 aliphatic carbocycles. The average molecular weight is 443 g/mol. The summed E-state index contributed by atoms with van der Waals surface area (Å²) in [5, 5.41) is 0. The number of fused-ring (bicyclic) bond motifs is 1. The van der Waals surface area contributed by atoms with Gasteiger partial charge in [-0.2, -0.15) is 4.31 Å². The predicted octanol–water partition coefficient (Wildman–Crippen LogP) is 3.35. The zero-order valence-electron chi connectivity index (χ0n) is 18.2. The molecule has 2 aromatic rings. The van der Waals surface area contributed by atoms with E-state index in [0.717, 1.165) is 35.3 Å². The zero-order valence-corrected chi connectivity index (χ0v) is 19.0. The Hall–Kier alpha value is -2.38. The van der Waals surface area contributed by atoms with E-state index in [4.69, 9.17) is 4.74 Å². The molecule has 7 heteroatoms. The first kappa shape index (κ1) is 21.8. The second kappa shape index (κ2) is 9.01. The molecule has 1 saturated carbocycles. The largest absolute Gasteiger partial charge is 0.491 e. The van der Waals surface area contributed by atoms with Crippen LogP contribution >= 0.6 is 0 Å². The van der Waals surface area contributed by atoms with Crippen LogP contribution in [0.2, 0.25) is 0 Å². The molecule has 0 spiro atoms. The van der Waals surface area contributed by atoms with Gasteiger partial charge in [0, 0.05) is 31.1 Å². The maximum atomic E-state index is 13.0. The van der Waals surface area contributed by atoms with Crippen LogP contribution in [0.3, 0.4) is 0 Å². The van der Waals surface area contributed by atoms with Gasteiger partial charge in [0.25, 0.3) is 0 Å². The highest BCUT2D eigenvalue weighted by Crippen LogP contribution is 2.32. The molecule has 1 amide bonds. The highest BCUT2D eigenvalue weighted by Gasteiger charge is 2.35. The number of sulfonamides is 1. The van der Waals surface area contributed by atoms with Crippen molar-refractivity contribution in [2.45, 2.75) is 57.8 Å². The van der Waals surface area contributed by atoms with Gasteiger partial charge in [-0.1, -0.05) is 36.4 Å². The van der Waals surface area contributed by atoms with Crippen LogP contribution < -0.4 is 4.74 Å². The van der Waals surface area contributed by atoms with Crippen molar-refractivity contribution in [1.82, 2.24) is 9.21 Å². The van der Waals surface area contributed by atoms with Crippen molar-refractivity contribution in [1.29, 1.82) is 0 Å². The molecular weight excluding hydrogens is 412 g/mol. The molecule has 1 fully saturated rings. The highest BCUT2D eigenvalue weighted by atomic mass is 32.2. The molecule has 2 aliphatic rings. The Kier molecular flexibility index (Phi) is 6.34. The molecule has 0 radical (unpaired) electrons. The van der Waals surface area contributed by atoms with Crippen LogP contribution in [0.5, 0.6) is 5.75 Å². The molecule has 1 aliphatic heterocycles. The second-order valence-corrected chi connectivity index (χ2v) is 10.6. The smallest absolute Gasteiger partial charge is 0.223 e. The maximum Gasteiger partial charge on any atom is 0.223 e. The van der Waals surface area contributed by atoms with Gasteiger partial charge in [0.1, 0.15) is 12.4 Å². The monoisotopic (exact) mass is 442 g/mol. The van der Waals surface area contributed by atoms with Crippen LogP contribution in [0.1, 0.15) is 42.9 Å². The highest BCUT2D eigenvalue weighted by molar-refractivity contribution is 7.88. The van der Waals surface area contributed by atoms with Crippen LogP contribution in [0, 0.1) is 0 Å². The van der Waals surface area contributed by atoms with Gasteiger partial charge in [-0.25, -0.2) is 8.42 Å². The number of nitrogens with zero attached hydrogens (tertiary/aromatic N) is 2. The summed E-state index contributed by atoms with van der Waals surface area (Å²) < 4.78 is 31.9. The number of ether oxygens (including phenoxy) is 1. The van der Waals surface area contributed by atoms with E-state index in [1.807, 2.05) is 60.4 Å². The third kappa shape index (κ3) is 5.46. The van der Waals surface area contributed by atoms with Gasteiger partial charge < -0.3 is 9.64 Å². The first-order valence-corrected chi connectivity index (χ1v) is 12.7. The van der Waals surface area contributed by atoms with Gasteiger partial charge in [-0.05, 0) is 49.4 Å². The molecule has 1 atom stereocenters. The fourth-order valence-electron chi connectivity index (χ4n) is 4.07. The summed E-state index contributed by atoms with van der Waals surface area (Å²) in [6.45, 7) is 3.28. The number of aryl methyl sites for hydroxylation is 1. The van der Waals surface area contributed by atoms with Crippen molar-refractivity contribution < 1.29 is 17.9 Å².